The number of halogens is 1. The van der Waals surface area contributed by atoms with Crippen molar-refractivity contribution >= 4 is 15.9 Å². The van der Waals surface area contributed by atoms with Gasteiger partial charge in [-0.05, 0) is 67.3 Å². The molecule has 110 valence electrons. The van der Waals surface area contributed by atoms with E-state index >= 15 is 0 Å². The third-order valence-corrected chi connectivity index (χ3v) is 4.57. The first-order valence-corrected chi connectivity index (χ1v) is 8.23. The van der Waals surface area contributed by atoms with Gasteiger partial charge in [0, 0.05) is 10.5 Å². The summed E-state index contributed by atoms with van der Waals surface area (Å²) >= 11 is 3.49. The van der Waals surface area contributed by atoms with Crippen LogP contribution in [0.2, 0.25) is 0 Å². The maximum atomic E-state index is 5.96. The van der Waals surface area contributed by atoms with Gasteiger partial charge in [0.1, 0.15) is 12.4 Å². The zero-order valence-corrected chi connectivity index (χ0v) is 13.8. The summed E-state index contributed by atoms with van der Waals surface area (Å²) < 4.78 is 7.04. The van der Waals surface area contributed by atoms with Gasteiger partial charge in [-0.1, -0.05) is 34.1 Å². The van der Waals surface area contributed by atoms with Crippen molar-refractivity contribution in [3.8, 4) is 5.75 Å². The average Bonchev–Trinajstić information content (AvgIpc) is 2.52. The number of ether oxygens (including phenoxy) is 1. The van der Waals surface area contributed by atoms with Crippen LogP contribution in [0.4, 0.5) is 0 Å². The van der Waals surface area contributed by atoms with Crippen LogP contribution in [0.15, 0.2) is 46.9 Å². The van der Waals surface area contributed by atoms with Gasteiger partial charge in [-0.3, -0.25) is 0 Å². The highest BCUT2D eigenvalue weighted by Crippen LogP contribution is 2.32. The quantitative estimate of drug-likeness (QED) is 0.872. The molecule has 0 aliphatic heterocycles. The van der Waals surface area contributed by atoms with Gasteiger partial charge in [0.2, 0.25) is 0 Å². The third-order valence-electron chi connectivity index (χ3n) is 4.07. The minimum Gasteiger partial charge on any atom is -0.489 e. The van der Waals surface area contributed by atoms with Crippen molar-refractivity contribution in [2.24, 2.45) is 0 Å². The molecule has 3 heteroatoms. The molecule has 0 bridgehead atoms. The van der Waals surface area contributed by atoms with E-state index in [1.807, 2.05) is 19.2 Å². The fraction of sp³-hybridized carbons (Fsp3) is 0.333. The predicted molar refractivity (Wildman–Crippen MR) is 89.7 cm³/mol. The number of nitrogens with one attached hydrogen (secondary N) is 1. The van der Waals surface area contributed by atoms with Gasteiger partial charge in [-0.25, -0.2) is 0 Å². The van der Waals surface area contributed by atoms with Gasteiger partial charge >= 0.3 is 0 Å². The van der Waals surface area contributed by atoms with Crippen LogP contribution in [0.25, 0.3) is 0 Å². The standard InChI is InChI=1S/C18H20BrNO/c1-20-18-7-3-5-14-8-9-16(11-17(14)18)21-12-13-4-2-6-15(19)10-13/h2,4,6,8-11,18,20H,3,5,7,12H2,1H3. The first-order chi connectivity index (χ1) is 10.3. The molecule has 3 rings (SSSR count). The van der Waals surface area contributed by atoms with Crippen molar-refractivity contribution in [3.05, 3.63) is 63.6 Å². The molecule has 0 heterocycles. The van der Waals surface area contributed by atoms with Gasteiger partial charge in [0.25, 0.3) is 0 Å². The number of rotatable bonds is 4. The van der Waals surface area contributed by atoms with Gasteiger partial charge < -0.3 is 10.1 Å². The fourth-order valence-corrected chi connectivity index (χ4v) is 3.41. The summed E-state index contributed by atoms with van der Waals surface area (Å²) in [5.41, 5.74) is 4.03. The van der Waals surface area contributed by atoms with E-state index in [9.17, 15) is 0 Å². The highest BCUT2D eigenvalue weighted by Gasteiger charge is 2.19. The van der Waals surface area contributed by atoms with Crippen molar-refractivity contribution in [3.63, 3.8) is 0 Å². The average molecular weight is 346 g/mol. The second-order valence-corrected chi connectivity index (χ2v) is 6.43. The van der Waals surface area contributed by atoms with E-state index in [0.29, 0.717) is 12.6 Å². The summed E-state index contributed by atoms with van der Waals surface area (Å²) in [4.78, 5) is 0. The summed E-state index contributed by atoms with van der Waals surface area (Å²) in [7, 11) is 2.04. The van der Waals surface area contributed by atoms with Crippen molar-refractivity contribution in [1.82, 2.24) is 5.32 Å². The van der Waals surface area contributed by atoms with Crippen molar-refractivity contribution in [2.75, 3.05) is 7.05 Å². The largest absolute Gasteiger partial charge is 0.489 e. The summed E-state index contributed by atoms with van der Waals surface area (Å²) in [5.74, 6) is 0.955. The van der Waals surface area contributed by atoms with Crippen LogP contribution in [0.5, 0.6) is 5.75 Å². The van der Waals surface area contributed by atoms with Crippen LogP contribution in [-0.2, 0) is 13.0 Å². The molecule has 0 radical (unpaired) electrons. The van der Waals surface area contributed by atoms with Crippen molar-refractivity contribution < 1.29 is 4.74 Å². The van der Waals surface area contributed by atoms with E-state index in [0.717, 1.165) is 10.2 Å². The first-order valence-electron chi connectivity index (χ1n) is 7.43. The maximum absolute atomic E-state index is 5.96. The Morgan fingerprint density at radius 2 is 2.14 bits per heavy atom. The van der Waals surface area contributed by atoms with Gasteiger partial charge in [0.05, 0.1) is 0 Å². The normalized spacial score (nSPS) is 17.3. The summed E-state index contributed by atoms with van der Waals surface area (Å²) in [6.07, 6.45) is 3.65. The Balaban J connectivity index is 1.74. The van der Waals surface area contributed by atoms with Crippen LogP contribution in [0.3, 0.4) is 0 Å². The molecular weight excluding hydrogens is 326 g/mol. The predicted octanol–water partition coefficient (Wildman–Crippen LogP) is 4.62. The topological polar surface area (TPSA) is 21.3 Å². The molecule has 1 unspecified atom stereocenters. The SMILES string of the molecule is CNC1CCCc2ccc(OCc3cccc(Br)c3)cc21. The molecule has 1 aliphatic carbocycles. The van der Waals surface area contributed by atoms with E-state index in [-0.39, 0.29) is 0 Å². The smallest absolute Gasteiger partial charge is 0.120 e. The van der Waals surface area contributed by atoms with Crippen LogP contribution < -0.4 is 10.1 Å². The minimum absolute atomic E-state index is 0.461. The lowest BCUT2D eigenvalue weighted by Gasteiger charge is -2.25. The highest BCUT2D eigenvalue weighted by atomic mass is 79.9. The van der Waals surface area contributed by atoms with Gasteiger partial charge in [-0.2, -0.15) is 0 Å². The monoisotopic (exact) mass is 345 g/mol. The Labute approximate surface area is 134 Å². The molecule has 1 atom stereocenters. The Hall–Kier alpha value is -1.32. The molecule has 0 aromatic heterocycles. The van der Waals surface area contributed by atoms with E-state index in [1.54, 1.807) is 0 Å². The Bertz CT molecular complexity index is 626. The Morgan fingerprint density at radius 3 is 2.95 bits per heavy atom. The summed E-state index contributed by atoms with van der Waals surface area (Å²) in [6.45, 7) is 0.600. The molecule has 2 aromatic rings. The van der Waals surface area contributed by atoms with E-state index in [4.69, 9.17) is 4.74 Å². The molecule has 0 amide bonds. The molecule has 0 saturated heterocycles. The molecule has 1 aliphatic rings. The van der Waals surface area contributed by atoms with Crippen LogP contribution >= 0.6 is 15.9 Å². The van der Waals surface area contributed by atoms with Crippen molar-refractivity contribution in [2.45, 2.75) is 31.9 Å². The summed E-state index contributed by atoms with van der Waals surface area (Å²) in [6, 6.07) is 15.2. The van der Waals surface area contributed by atoms with Crippen molar-refractivity contribution in [1.29, 1.82) is 0 Å². The fourth-order valence-electron chi connectivity index (χ4n) is 2.96. The second kappa shape index (κ2) is 6.63. The van der Waals surface area contributed by atoms with E-state index in [2.05, 4.69) is 51.6 Å². The number of hydrogen-bond donors (Lipinski definition) is 1. The lowest BCUT2D eigenvalue weighted by molar-refractivity contribution is 0.305. The molecule has 21 heavy (non-hydrogen) atoms. The van der Waals surface area contributed by atoms with E-state index in [1.165, 1.54) is 36.0 Å². The Kier molecular flexibility index (Phi) is 4.61. The molecule has 2 aromatic carbocycles. The molecular formula is C18H20BrNO. The maximum Gasteiger partial charge on any atom is 0.120 e. The number of hydrogen-bond acceptors (Lipinski definition) is 2. The van der Waals surface area contributed by atoms with Crippen LogP contribution in [0, 0.1) is 0 Å². The van der Waals surface area contributed by atoms with Gasteiger partial charge in [0.15, 0.2) is 0 Å². The molecule has 1 N–H and O–H groups in total. The third kappa shape index (κ3) is 3.47. The lowest BCUT2D eigenvalue weighted by Crippen LogP contribution is -2.21. The molecule has 0 saturated carbocycles. The van der Waals surface area contributed by atoms with E-state index < -0.39 is 0 Å². The zero-order valence-electron chi connectivity index (χ0n) is 12.2. The van der Waals surface area contributed by atoms with Crippen LogP contribution in [-0.4, -0.2) is 7.05 Å². The Morgan fingerprint density at radius 1 is 1.24 bits per heavy atom. The molecule has 0 fully saturated rings. The first kappa shape index (κ1) is 14.6. The summed E-state index contributed by atoms with van der Waals surface area (Å²) in [5, 5.41) is 3.41. The number of aryl methyl sites for hydroxylation is 1. The number of fused-ring (bicyclic) bond motifs is 1. The van der Waals surface area contributed by atoms with Crippen LogP contribution in [0.1, 0.15) is 35.6 Å². The minimum atomic E-state index is 0.461. The molecule has 0 spiro atoms. The van der Waals surface area contributed by atoms with Gasteiger partial charge in [-0.15, -0.1) is 0 Å². The number of benzene rings is 2. The highest BCUT2D eigenvalue weighted by molar-refractivity contribution is 9.10. The zero-order chi connectivity index (χ0) is 14.7. The lowest BCUT2D eigenvalue weighted by atomic mass is 9.87. The molecule has 2 nitrogen and oxygen atoms in total. The second-order valence-electron chi connectivity index (χ2n) is 5.51.